The fourth-order valence-electron chi connectivity index (χ4n) is 2.24. The number of ether oxygens (including phenoxy) is 1. The van der Waals surface area contributed by atoms with Crippen molar-refractivity contribution in [2.24, 2.45) is 0 Å². The molecule has 136 valence electrons. The monoisotopic (exact) mass is 356 g/mol. The van der Waals surface area contributed by atoms with Gasteiger partial charge < -0.3 is 20.5 Å². The molecule has 0 aromatic rings. The second kappa shape index (κ2) is 9.87. The van der Waals surface area contributed by atoms with E-state index in [0.29, 0.717) is 43.3 Å². The first-order chi connectivity index (χ1) is 11.3. The number of nitrogens with one attached hydrogen (secondary N) is 2. The second-order valence-corrected chi connectivity index (χ2v) is 6.63. The van der Waals surface area contributed by atoms with Gasteiger partial charge in [0.25, 0.3) is 0 Å². The molecule has 0 saturated carbocycles. The molecule has 5 nitrogen and oxygen atoms in total. The molecular formula is C18H29ClN2O3. The zero-order valence-electron chi connectivity index (χ0n) is 15.0. The van der Waals surface area contributed by atoms with Crippen molar-refractivity contribution in [3.8, 4) is 0 Å². The van der Waals surface area contributed by atoms with Crippen LogP contribution in [0, 0.1) is 0 Å². The van der Waals surface area contributed by atoms with Gasteiger partial charge in [0.05, 0.1) is 11.3 Å². The number of hydrogen-bond donors (Lipinski definition) is 3. The quantitative estimate of drug-likeness (QED) is 0.613. The smallest absolute Gasteiger partial charge is 0.221 e. The summed E-state index contributed by atoms with van der Waals surface area (Å²) in [6, 6.07) is 0. The maximum absolute atomic E-state index is 11.4. The van der Waals surface area contributed by atoms with Crippen LogP contribution in [-0.2, 0) is 9.53 Å². The highest BCUT2D eigenvalue weighted by Gasteiger charge is 2.29. The molecule has 6 heteroatoms. The van der Waals surface area contributed by atoms with Crippen LogP contribution < -0.4 is 10.6 Å². The summed E-state index contributed by atoms with van der Waals surface area (Å²) < 4.78 is 5.28. The Balaban J connectivity index is 2.85. The van der Waals surface area contributed by atoms with E-state index in [1.807, 2.05) is 20.8 Å². The van der Waals surface area contributed by atoms with Gasteiger partial charge in [-0.05, 0) is 32.4 Å². The van der Waals surface area contributed by atoms with Crippen LogP contribution in [0.5, 0.6) is 0 Å². The number of amides is 1. The summed E-state index contributed by atoms with van der Waals surface area (Å²) in [6.07, 6.45) is 5.62. The molecule has 1 rings (SSSR count). The molecule has 1 amide bonds. The first-order valence-corrected chi connectivity index (χ1v) is 8.71. The molecule has 0 unspecified atom stereocenters. The fourth-order valence-corrected chi connectivity index (χ4v) is 2.43. The number of carbonyl (C=O) groups excluding carboxylic acids is 1. The van der Waals surface area contributed by atoms with Gasteiger partial charge in [0.1, 0.15) is 0 Å². The molecule has 1 heterocycles. The third-order valence-electron chi connectivity index (χ3n) is 4.16. The number of allylic oxidation sites excluding steroid dienone is 5. The van der Waals surface area contributed by atoms with E-state index in [0.717, 1.165) is 17.7 Å². The lowest BCUT2D eigenvalue weighted by Gasteiger charge is -2.32. The van der Waals surface area contributed by atoms with Crippen molar-refractivity contribution in [3.05, 3.63) is 34.2 Å². The van der Waals surface area contributed by atoms with Gasteiger partial charge in [-0.25, -0.2) is 0 Å². The van der Waals surface area contributed by atoms with Crippen LogP contribution in [0.25, 0.3) is 0 Å². The normalized spacial score (nSPS) is 19.6. The molecule has 1 saturated heterocycles. The average molecular weight is 357 g/mol. The van der Waals surface area contributed by atoms with E-state index in [9.17, 15) is 9.90 Å². The Hall–Kier alpha value is -1.30. The van der Waals surface area contributed by atoms with Crippen molar-refractivity contribution in [3.63, 3.8) is 0 Å². The highest BCUT2D eigenvalue weighted by Crippen LogP contribution is 2.20. The van der Waals surface area contributed by atoms with Crippen molar-refractivity contribution in [2.75, 3.05) is 19.8 Å². The topological polar surface area (TPSA) is 70.6 Å². The summed E-state index contributed by atoms with van der Waals surface area (Å²) in [5, 5.41) is 17.2. The molecule has 24 heavy (non-hydrogen) atoms. The highest BCUT2D eigenvalue weighted by molar-refractivity contribution is 6.31. The molecule has 0 spiro atoms. The highest BCUT2D eigenvalue weighted by atomic mass is 35.5. The van der Waals surface area contributed by atoms with Crippen LogP contribution in [-0.4, -0.2) is 36.4 Å². The first kappa shape index (κ1) is 20.7. The van der Waals surface area contributed by atoms with Gasteiger partial charge in [-0.1, -0.05) is 24.1 Å². The third-order valence-corrected chi connectivity index (χ3v) is 4.60. The largest absolute Gasteiger partial charge is 0.388 e. The van der Waals surface area contributed by atoms with E-state index in [4.69, 9.17) is 16.3 Å². The van der Waals surface area contributed by atoms with Crippen molar-refractivity contribution in [1.29, 1.82) is 0 Å². The molecular weight excluding hydrogens is 328 g/mol. The standard InChI is InChI=1S/C18H29ClN2O3/c1-5-13(2)16(19)6-7-17(21-15(4)22)14(3)20-12-18(23)8-10-24-11-9-18/h6-7,20,23H,5,8-12H2,1-4H3,(H,21,22)/b7-6?,16-13?,17-14-. The van der Waals surface area contributed by atoms with Crippen molar-refractivity contribution in [1.82, 2.24) is 10.6 Å². The number of hydrogen-bond acceptors (Lipinski definition) is 4. The third kappa shape index (κ3) is 7.07. The lowest BCUT2D eigenvalue weighted by atomic mass is 9.94. The lowest BCUT2D eigenvalue weighted by molar-refractivity contribution is -0.118. The SMILES string of the molecule is CCC(C)=C(Cl)C=C/C(NC(C)=O)=C(\C)NCC1(O)CCOCC1. The zero-order chi connectivity index (χ0) is 18.2. The Kier molecular flexibility index (Phi) is 8.53. The molecule has 0 bridgehead atoms. The summed E-state index contributed by atoms with van der Waals surface area (Å²) in [6.45, 7) is 8.88. The van der Waals surface area contributed by atoms with Gasteiger partial charge in [0.2, 0.25) is 5.91 Å². The van der Waals surface area contributed by atoms with Crippen LogP contribution in [0.3, 0.4) is 0 Å². The summed E-state index contributed by atoms with van der Waals surface area (Å²) in [4.78, 5) is 11.4. The Morgan fingerprint density at radius 3 is 2.42 bits per heavy atom. The van der Waals surface area contributed by atoms with Crippen LogP contribution in [0.15, 0.2) is 34.2 Å². The molecule has 3 N–H and O–H groups in total. The van der Waals surface area contributed by atoms with Gasteiger partial charge in [0, 0.05) is 50.3 Å². The van der Waals surface area contributed by atoms with E-state index in [1.54, 1.807) is 12.2 Å². The van der Waals surface area contributed by atoms with Gasteiger partial charge >= 0.3 is 0 Å². The van der Waals surface area contributed by atoms with Crippen LogP contribution >= 0.6 is 11.6 Å². The molecule has 0 aromatic heterocycles. The van der Waals surface area contributed by atoms with Gasteiger partial charge in [0.15, 0.2) is 0 Å². The van der Waals surface area contributed by atoms with Crippen molar-refractivity contribution >= 4 is 17.5 Å². The van der Waals surface area contributed by atoms with E-state index in [2.05, 4.69) is 10.6 Å². The van der Waals surface area contributed by atoms with Crippen LogP contribution in [0.1, 0.15) is 47.0 Å². The average Bonchev–Trinajstić information content (AvgIpc) is 2.55. The van der Waals surface area contributed by atoms with Gasteiger partial charge in [-0.3, -0.25) is 4.79 Å². The fraction of sp³-hybridized carbons (Fsp3) is 0.611. The summed E-state index contributed by atoms with van der Waals surface area (Å²) in [7, 11) is 0. The number of carbonyl (C=O) groups is 1. The summed E-state index contributed by atoms with van der Waals surface area (Å²) in [5.41, 5.74) is 1.72. The maximum Gasteiger partial charge on any atom is 0.221 e. The number of aliphatic hydroxyl groups is 1. The predicted octanol–water partition coefficient (Wildman–Crippen LogP) is 2.96. The lowest BCUT2D eigenvalue weighted by Crippen LogP contribution is -2.45. The minimum Gasteiger partial charge on any atom is -0.388 e. The molecule has 1 aliphatic rings. The van der Waals surface area contributed by atoms with Crippen molar-refractivity contribution in [2.45, 2.75) is 52.6 Å². The minimum absolute atomic E-state index is 0.159. The molecule has 0 aliphatic carbocycles. The Labute approximate surface area is 149 Å². The molecule has 0 aromatic carbocycles. The van der Waals surface area contributed by atoms with E-state index in [-0.39, 0.29) is 5.91 Å². The summed E-state index contributed by atoms with van der Waals surface area (Å²) in [5.74, 6) is -0.159. The first-order valence-electron chi connectivity index (χ1n) is 8.33. The van der Waals surface area contributed by atoms with Crippen LogP contribution in [0.4, 0.5) is 0 Å². The Morgan fingerprint density at radius 2 is 1.88 bits per heavy atom. The molecule has 0 radical (unpaired) electrons. The van der Waals surface area contributed by atoms with Crippen molar-refractivity contribution < 1.29 is 14.6 Å². The number of rotatable bonds is 7. The molecule has 1 aliphatic heterocycles. The molecule has 1 fully saturated rings. The Bertz CT molecular complexity index is 532. The molecule has 0 atom stereocenters. The van der Waals surface area contributed by atoms with Crippen LogP contribution in [0.2, 0.25) is 0 Å². The van der Waals surface area contributed by atoms with Gasteiger partial charge in [-0.2, -0.15) is 0 Å². The second-order valence-electron chi connectivity index (χ2n) is 6.23. The Morgan fingerprint density at radius 1 is 1.25 bits per heavy atom. The van der Waals surface area contributed by atoms with E-state index < -0.39 is 5.60 Å². The van der Waals surface area contributed by atoms with E-state index in [1.165, 1.54) is 6.92 Å². The summed E-state index contributed by atoms with van der Waals surface area (Å²) >= 11 is 6.22. The number of halogens is 1. The zero-order valence-corrected chi connectivity index (χ0v) is 15.8. The van der Waals surface area contributed by atoms with E-state index >= 15 is 0 Å². The minimum atomic E-state index is -0.777. The maximum atomic E-state index is 11.4. The predicted molar refractivity (Wildman–Crippen MR) is 97.5 cm³/mol. The van der Waals surface area contributed by atoms with Gasteiger partial charge in [-0.15, -0.1) is 0 Å².